The van der Waals surface area contributed by atoms with Crippen LogP contribution in [0.3, 0.4) is 0 Å². The first kappa shape index (κ1) is 18.7. The van der Waals surface area contributed by atoms with Gasteiger partial charge in [-0.05, 0) is 96.7 Å². The van der Waals surface area contributed by atoms with Gasteiger partial charge in [0.2, 0.25) is 0 Å². The van der Waals surface area contributed by atoms with Gasteiger partial charge >= 0.3 is 0 Å². The molecule has 2 heterocycles. The van der Waals surface area contributed by atoms with Crippen LogP contribution in [0.1, 0.15) is 64.4 Å². The Labute approximate surface area is 169 Å². The number of hydrogen-bond donors (Lipinski definition) is 0. The summed E-state index contributed by atoms with van der Waals surface area (Å²) in [5, 5.41) is 0. The van der Waals surface area contributed by atoms with Crippen molar-refractivity contribution < 1.29 is 9.47 Å². The number of pyridine rings is 1. The Morgan fingerprint density at radius 3 is 2.79 bits per heavy atom. The molecular formula is C25H35NO2. The van der Waals surface area contributed by atoms with Gasteiger partial charge < -0.3 is 9.47 Å². The van der Waals surface area contributed by atoms with Crippen LogP contribution in [-0.2, 0) is 4.74 Å². The first-order valence-corrected chi connectivity index (χ1v) is 11.3. The molecule has 0 amide bonds. The summed E-state index contributed by atoms with van der Waals surface area (Å²) in [4.78, 5) is 4.45. The molecule has 3 nitrogen and oxygen atoms in total. The van der Waals surface area contributed by atoms with Gasteiger partial charge in [0.1, 0.15) is 5.75 Å². The van der Waals surface area contributed by atoms with Gasteiger partial charge in [0.15, 0.2) is 0 Å². The minimum Gasteiger partial charge on any atom is -0.495 e. The van der Waals surface area contributed by atoms with Gasteiger partial charge in [-0.25, -0.2) is 0 Å². The van der Waals surface area contributed by atoms with E-state index in [-0.39, 0.29) is 0 Å². The van der Waals surface area contributed by atoms with Crippen LogP contribution in [0.15, 0.2) is 24.5 Å². The summed E-state index contributed by atoms with van der Waals surface area (Å²) < 4.78 is 11.4. The molecule has 0 bridgehead atoms. The summed E-state index contributed by atoms with van der Waals surface area (Å²) in [6, 6.07) is 2.18. The van der Waals surface area contributed by atoms with Crippen molar-refractivity contribution in [2.45, 2.75) is 58.8 Å². The lowest BCUT2D eigenvalue weighted by Crippen LogP contribution is -2.51. The average Bonchev–Trinajstić information content (AvgIpc) is 2.94. The van der Waals surface area contributed by atoms with Gasteiger partial charge in [-0.2, -0.15) is 0 Å². The smallest absolute Gasteiger partial charge is 0.137 e. The summed E-state index contributed by atoms with van der Waals surface area (Å²) in [5.41, 5.74) is 3.57. The number of allylic oxidation sites excluding steroid dienone is 2. The Kier molecular flexibility index (Phi) is 4.58. The predicted molar refractivity (Wildman–Crippen MR) is 112 cm³/mol. The van der Waals surface area contributed by atoms with E-state index in [1.54, 1.807) is 7.11 Å². The van der Waals surface area contributed by atoms with Crippen molar-refractivity contribution in [2.24, 2.45) is 34.5 Å². The van der Waals surface area contributed by atoms with Crippen molar-refractivity contribution in [1.82, 2.24) is 4.98 Å². The van der Waals surface area contributed by atoms with Crippen LogP contribution in [0, 0.1) is 34.5 Å². The fourth-order valence-corrected chi connectivity index (χ4v) is 7.71. The molecule has 6 atom stereocenters. The maximum Gasteiger partial charge on any atom is 0.137 e. The van der Waals surface area contributed by atoms with Gasteiger partial charge in [0.25, 0.3) is 0 Å². The molecular weight excluding hydrogens is 346 g/mol. The standard InChI is InChI=1S/C25H35NO2/c1-24-11-13-28-12-9-18(24)4-5-20-22-7-6-21(25(22,2)10-8-23(20)24)17-14-19(27-3)16-26-15-17/h6,14-16,18,20,22-23H,4-5,7-13H2,1-3H3. The van der Waals surface area contributed by atoms with Gasteiger partial charge in [-0.3, -0.25) is 4.98 Å². The van der Waals surface area contributed by atoms with Crippen molar-refractivity contribution in [3.8, 4) is 5.75 Å². The van der Waals surface area contributed by atoms with Crippen LogP contribution in [0.5, 0.6) is 5.75 Å². The highest BCUT2D eigenvalue weighted by atomic mass is 16.5. The van der Waals surface area contributed by atoms with Crippen molar-refractivity contribution in [1.29, 1.82) is 0 Å². The second-order valence-corrected chi connectivity index (χ2v) is 10.2. The second-order valence-electron chi connectivity index (χ2n) is 10.2. The Bertz CT molecular complexity index is 774. The van der Waals surface area contributed by atoms with Gasteiger partial charge in [0, 0.05) is 19.4 Å². The Morgan fingerprint density at radius 1 is 1.04 bits per heavy atom. The Morgan fingerprint density at radius 2 is 1.93 bits per heavy atom. The summed E-state index contributed by atoms with van der Waals surface area (Å²) in [6.07, 6.45) is 15.7. The average molecular weight is 382 g/mol. The van der Waals surface area contributed by atoms with Crippen molar-refractivity contribution in [2.75, 3.05) is 20.3 Å². The molecule has 6 unspecified atom stereocenters. The molecule has 152 valence electrons. The van der Waals surface area contributed by atoms with E-state index in [4.69, 9.17) is 9.47 Å². The Hall–Kier alpha value is -1.35. The topological polar surface area (TPSA) is 31.4 Å². The van der Waals surface area contributed by atoms with Crippen molar-refractivity contribution >= 4 is 5.57 Å². The number of rotatable bonds is 2. The van der Waals surface area contributed by atoms with Crippen LogP contribution < -0.4 is 4.74 Å². The van der Waals surface area contributed by atoms with Gasteiger partial charge in [-0.1, -0.05) is 19.9 Å². The van der Waals surface area contributed by atoms with E-state index in [1.165, 1.54) is 56.1 Å². The summed E-state index contributed by atoms with van der Waals surface area (Å²) in [6.45, 7) is 7.10. The maximum absolute atomic E-state index is 5.91. The van der Waals surface area contributed by atoms with Crippen LogP contribution in [0.25, 0.3) is 5.57 Å². The minimum absolute atomic E-state index is 0.291. The number of ether oxygens (including phenoxy) is 2. The molecule has 3 heteroatoms. The first-order valence-electron chi connectivity index (χ1n) is 11.3. The SMILES string of the molecule is COc1cncc(C2=CCC3C4CCC5CCOCCC5(C)C4CCC23C)c1. The highest BCUT2D eigenvalue weighted by Gasteiger charge is 2.57. The molecule has 0 radical (unpaired) electrons. The van der Waals surface area contributed by atoms with E-state index in [9.17, 15) is 0 Å². The fraction of sp³-hybridized carbons (Fsp3) is 0.720. The van der Waals surface area contributed by atoms with E-state index < -0.39 is 0 Å². The number of fused-ring (bicyclic) bond motifs is 5. The van der Waals surface area contributed by atoms with E-state index in [2.05, 4.69) is 31.0 Å². The molecule has 1 aromatic heterocycles. The van der Waals surface area contributed by atoms with Crippen LogP contribution in [-0.4, -0.2) is 25.3 Å². The van der Waals surface area contributed by atoms with Gasteiger partial charge in [0.05, 0.1) is 13.3 Å². The lowest BCUT2D eigenvalue weighted by molar-refractivity contribution is -0.0798. The molecule has 2 saturated carbocycles. The largest absolute Gasteiger partial charge is 0.495 e. The number of aromatic nitrogens is 1. The lowest BCUT2D eigenvalue weighted by atomic mass is 9.46. The molecule has 1 aromatic rings. The molecule has 5 rings (SSSR count). The lowest BCUT2D eigenvalue weighted by Gasteiger charge is -2.58. The second kappa shape index (κ2) is 6.86. The van der Waals surface area contributed by atoms with Crippen LogP contribution in [0.4, 0.5) is 0 Å². The molecule has 1 saturated heterocycles. The first-order chi connectivity index (χ1) is 13.6. The highest BCUT2D eigenvalue weighted by molar-refractivity contribution is 5.73. The maximum atomic E-state index is 5.91. The monoisotopic (exact) mass is 381 g/mol. The minimum atomic E-state index is 0.291. The Balaban J connectivity index is 1.44. The molecule has 1 aliphatic heterocycles. The zero-order valence-electron chi connectivity index (χ0n) is 17.7. The number of hydrogen-bond acceptors (Lipinski definition) is 3. The molecule has 3 aliphatic carbocycles. The van der Waals surface area contributed by atoms with Crippen molar-refractivity contribution in [3.63, 3.8) is 0 Å². The predicted octanol–water partition coefficient (Wildman–Crippen LogP) is 5.75. The molecule has 4 aliphatic rings. The quantitative estimate of drug-likeness (QED) is 0.653. The number of methoxy groups -OCH3 is 1. The zero-order valence-corrected chi connectivity index (χ0v) is 17.7. The third kappa shape index (κ3) is 2.69. The molecule has 0 N–H and O–H groups in total. The van der Waals surface area contributed by atoms with Gasteiger partial charge in [-0.15, -0.1) is 0 Å². The molecule has 3 fully saturated rings. The fourth-order valence-electron chi connectivity index (χ4n) is 7.71. The third-order valence-electron chi connectivity index (χ3n) is 9.30. The zero-order chi connectivity index (χ0) is 19.4. The third-order valence-corrected chi connectivity index (χ3v) is 9.30. The molecule has 0 spiro atoms. The van der Waals surface area contributed by atoms with E-state index in [1.807, 2.05) is 12.4 Å². The van der Waals surface area contributed by atoms with E-state index in [0.29, 0.717) is 10.8 Å². The molecule has 28 heavy (non-hydrogen) atoms. The number of nitrogens with zero attached hydrogens (tertiary/aromatic N) is 1. The summed E-state index contributed by atoms with van der Waals surface area (Å²) in [5.74, 6) is 4.27. The van der Waals surface area contributed by atoms with Crippen molar-refractivity contribution in [3.05, 3.63) is 30.1 Å². The highest BCUT2D eigenvalue weighted by Crippen LogP contribution is 2.66. The summed E-state index contributed by atoms with van der Waals surface area (Å²) >= 11 is 0. The summed E-state index contributed by atoms with van der Waals surface area (Å²) in [7, 11) is 1.73. The van der Waals surface area contributed by atoms with E-state index >= 15 is 0 Å². The normalized spacial score (nSPS) is 42.6. The van der Waals surface area contributed by atoms with E-state index in [0.717, 1.165) is 42.6 Å². The van der Waals surface area contributed by atoms with Crippen LogP contribution >= 0.6 is 0 Å². The van der Waals surface area contributed by atoms with Crippen LogP contribution in [0.2, 0.25) is 0 Å². The molecule has 0 aromatic carbocycles.